The van der Waals surface area contributed by atoms with Crippen LogP contribution in [0, 0.1) is 20.2 Å². The summed E-state index contributed by atoms with van der Waals surface area (Å²) in [5, 5.41) is 33.8. The Morgan fingerprint density at radius 3 is 2.22 bits per heavy atom. The van der Waals surface area contributed by atoms with Gasteiger partial charge in [-0.05, 0) is 0 Å². The van der Waals surface area contributed by atoms with E-state index in [1.165, 1.54) is 13.8 Å². The second-order valence-electron chi connectivity index (χ2n) is 5.86. The van der Waals surface area contributed by atoms with Gasteiger partial charge >= 0.3 is 11.9 Å². The number of aliphatic hydroxyl groups excluding tert-OH is 1. The molecule has 0 radical (unpaired) electrons. The van der Waals surface area contributed by atoms with Crippen molar-refractivity contribution in [1.29, 1.82) is 0 Å². The lowest BCUT2D eigenvalue weighted by molar-refractivity contribution is -0.394. The Kier molecular flexibility index (Phi) is 5.40. The van der Waals surface area contributed by atoms with E-state index >= 15 is 0 Å². The molecule has 1 saturated heterocycles. The third-order valence-corrected chi connectivity index (χ3v) is 3.47. The zero-order valence-corrected chi connectivity index (χ0v) is 14.3. The van der Waals surface area contributed by atoms with Crippen LogP contribution in [0.2, 0.25) is 0 Å². The van der Waals surface area contributed by atoms with Gasteiger partial charge in [0.05, 0.1) is 27.2 Å². The highest BCUT2D eigenvalue weighted by atomic mass is 16.7. The number of esters is 2. The van der Waals surface area contributed by atoms with Crippen LogP contribution in [0.3, 0.4) is 0 Å². The Bertz CT molecular complexity index is 838. The summed E-state index contributed by atoms with van der Waals surface area (Å²) in [4.78, 5) is 44.4. The Balaban J connectivity index is 2.48. The number of carbonyl (C=O) groups is 2. The van der Waals surface area contributed by atoms with Crippen LogP contribution < -0.4 is 5.32 Å². The molecule has 1 aromatic rings. The van der Waals surface area contributed by atoms with Crippen molar-refractivity contribution in [2.75, 3.05) is 11.9 Å². The van der Waals surface area contributed by atoms with E-state index in [0.717, 1.165) is 18.3 Å². The molecule has 0 spiro atoms. The largest absolute Gasteiger partial charge is 0.419 e. The zero-order valence-electron chi connectivity index (χ0n) is 14.3. The molecule has 0 amide bonds. The number of benzene rings is 1. The normalized spacial score (nSPS) is 15.6. The predicted octanol–water partition coefficient (Wildman–Crippen LogP) is 1.17. The Morgan fingerprint density at radius 1 is 1.15 bits per heavy atom. The highest BCUT2D eigenvalue weighted by Gasteiger charge is 2.39. The van der Waals surface area contributed by atoms with Crippen LogP contribution in [0.1, 0.15) is 19.4 Å². The molecule has 2 rings (SSSR count). The van der Waals surface area contributed by atoms with Gasteiger partial charge < -0.3 is 19.9 Å². The summed E-state index contributed by atoms with van der Waals surface area (Å²) < 4.78 is 9.80. The minimum absolute atomic E-state index is 0.0391. The van der Waals surface area contributed by atoms with E-state index in [-0.39, 0.29) is 17.7 Å². The summed E-state index contributed by atoms with van der Waals surface area (Å²) >= 11 is 0. The van der Waals surface area contributed by atoms with Gasteiger partial charge in [-0.25, -0.2) is 9.59 Å². The molecule has 12 nitrogen and oxygen atoms in total. The van der Waals surface area contributed by atoms with Gasteiger partial charge in [-0.2, -0.15) is 0 Å². The van der Waals surface area contributed by atoms with E-state index in [2.05, 4.69) is 5.32 Å². The first-order chi connectivity index (χ1) is 12.6. The molecular weight excluding hydrogens is 366 g/mol. The second-order valence-corrected chi connectivity index (χ2v) is 5.86. The van der Waals surface area contributed by atoms with Crippen molar-refractivity contribution in [2.45, 2.75) is 26.1 Å². The number of hydrogen-bond donors (Lipinski definition) is 2. The topological polar surface area (TPSA) is 171 Å². The van der Waals surface area contributed by atoms with Gasteiger partial charge in [-0.3, -0.25) is 20.2 Å². The molecule has 0 unspecified atom stereocenters. The first-order valence-corrected chi connectivity index (χ1v) is 7.55. The summed E-state index contributed by atoms with van der Waals surface area (Å²) in [6.45, 7) is 2.24. The fraction of sp³-hybridized carbons (Fsp3) is 0.333. The van der Waals surface area contributed by atoms with Gasteiger partial charge in [-0.15, -0.1) is 0 Å². The molecule has 144 valence electrons. The van der Waals surface area contributed by atoms with Gasteiger partial charge in [0.1, 0.15) is 0 Å². The molecule has 0 bridgehead atoms. The standard InChI is InChI=1S/C15H15N3O9/c1-15(2)26-13(20)10(14(21)27-15)7-16-11-5-8(17(22)23)6-12(18(24)25)9(11)3-4-19/h5-7,16,19H,3-4H2,1-2H3. The smallest absolute Gasteiger partial charge is 0.350 e. The van der Waals surface area contributed by atoms with Crippen LogP contribution in [0.5, 0.6) is 0 Å². The molecule has 0 atom stereocenters. The van der Waals surface area contributed by atoms with Crippen molar-refractivity contribution in [3.8, 4) is 0 Å². The Morgan fingerprint density at radius 2 is 1.74 bits per heavy atom. The number of hydrogen-bond acceptors (Lipinski definition) is 10. The van der Waals surface area contributed by atoms with Crippen molar-refractivity contribution < 1.29 is 34.0 Å². The molecule has 0 aromatic heterocycles. The third-order valence-electron chi connectivity index (χ3n) is 3.47. The second kappa shape index (κ2) is 7.37. The van der Waals surface area contributed by atoms with Crippen LogP contribution in [0.25, 0.3) is 0 Å². The maximum Gasteiger partial charge on any atom is 0.350 e. The number of anilines is 1. The summed E-state index contributed by atoms with van der Waals surface area (Å²) in [6, 6.07) is 1.74. The number of nitro benzene ring substituents is 2. The van der Waals surface area contributed by atoms with Gasteiger partial charge in [0.15, 0.2) is 5.57 Å². The number of non-ortho nitro benzene ring substituents is 1. The predicted molar refractivity (Wildman–Crippen MR) is 88.5 cm³/mol. The van der Waals surface area contributed by atoms with Gasteiger partial charge in [0.2, 0.25) is 0 Å². The lowest BCUT2D eigenvalue weighted by atomic mass is 10.1. The number of nitrogens with one attached hydrogen (secondary N) is 1. The van der Waals surface area contributed by atoms with Crippen molar-refractivity contribution in [3.63, 3.8) is 0 Å². The zero-order chi connectivity index (χ0) is 20.4. The molecular formula is C15H15N3O9. The van der Waals surface area contributed by atoms with Crippen molar-refractivity contribution >= 4 is 29.0 Å². The molecule has 12 heteroatoms. The van der Waals surface area contributed by atoms with Crippen LogP contribution in [0.15, 0.2) is 23.9 Å². The van der Waals surface area contributed by atoms with Crippen molar-refractivity contribution in [1.82, 2.24) is 0 Å². The minimum atomic E-state index is -1.45. The third kappa shape index (κ3) is 4.36. The highest BCUT2D eigenvalue weighted by Crippen LogP contribution is 2.33. The number of carbonyl (C=O) groups excluding carboxylic acids is 2. The number of ether oxygens (including phenoxy) is 2. The van der Waals surface area contributed by atoms with Gasteiger partial charge in [0.25, 0.3) is 17.2 Å². The van der Waals surface area contributed by atoms with Crippen LogP contribution in [-0.4, -0.2) is 39.3 Å². The molecule has 1 heterocycles. The lowest BCUT2D eigenvalue weighted by Gasteiger charge is -2.29. The van der Waals surface area contributed by atoms with E-state index in [4.69, 9.17) is 14.6 Å². The molecule has 1 aliphatic heterocycles. The molecule has 0 saturated carbocycles. The van der Waals surface area contributed by atoms with Gasteiger partial charge in [-0.1, -0.05) is 0 Å². The van der Waals surface area contributed by atoms with E-state index in [0.29, 0.717) is 0 Å². The molecule has 27 heavy (non-hydrogen) atoms. The average Bonchev–Trinajstić information content (AvgIpc) is 2.53. The van der Waals surface area contributed by atoms with Crippen LogP contribution in [-0.2, 0) is 25.5 Å². The maximum atomic E-state index is 11.9. The summed E-state index contributed by atoms with van der Waals surface area (Å²) in [5.74, 6) is -3.43. The quantitative estimate of drug-likeness (QED) is 0.239. The first-order valence-electron chi connectivity index (χ1n) is 7.55. The first kappa shape index (κ1) is 19.8. The molecule has 2 N–H and O–H groups in total. The maximum absolute atomic E-state index is 11.9. The summed E-state index contributed by atoms with van der Waals surface area (Å²) in [7, 11) is 0. The van der Waals surface area contributed by atoms with Crippen molar-refractivity contribution in [3.05, 3.63) is 49.7 Å². The number of aliphatic hydroxyl groups is 1. The number of nitro groups is 2. The lowest BCUT2D eigenvalue weighted by Crippen LogP contribution is -2.42. The minimum Gasteiger partial charge on any atom is -0.419 e. The van der Waals surface area contributed by atoms with E-state index in [1.54, 1.807) is 0 Å². The van der Waals surface area contributed by atoms with Crippen molar-refractivity contribution in [2.24, 2.45) is 0 Å². The molecule has 1 fully saturated rings. The molecule has 1 aliphatic rings. The van der Waals surface area contributed by atoms with E-state index < -0.39 is 51.1 Å². The fourth-order valence-electron chi connectivity index (χ4n) is 2.34. The molecule has 0 aliphatic carbocycles. The SMILES string of the molecule is CC1(C)OC(=O)C(=CNc2cc([N+](=O)[O-])cc([N+](=O)[O-])c2CCO)C(=O)O1. The van der Waals surface area contributed by atoms with E-state index in [9.17, 15) is 29.8 Å². The van der Waals surface area contributed by atoms with Crippen LogP contribution >= 0.6 is 0 Å². The summed E-state index contributed by atoms with van der Waals surface area (Å²) in [5.41, 5.74) is -1.86. The molecule has 1 aromatic carbocycles. The van der Waals surface area contributed by atoms with Gasteiger partial charge in [0, 0.05) is 39.1 Å². The Labute approximate surface area is 151 Å². The fourth-order valence-corrected chi connectivity index (χ4v) is 2.34. The number of nitrogens with zero attached hydrogens (tertiary/aromatic N) is 2. The summed E-state index contributed by atoms with van der Waals surface area (Å²) in [6.07, 6.45) is 0.686. The van der Waals surface area contributed by atoms with E-state index in [1.807, 2.05) is 0 Å². The average molecular weight is 381 g/mol. The van der Waals surface area contributed by atoms with Crippen LogP contribution in [0.4, 0.5) is 17.1 Å². The monoisotopic (exact) mass is 381 g/mol. The number of cyclic esters (lactones) is 2. The Hall–Kier alpha value is -3.54. The number of rotatable bonds is 6. The highest BCUT2D eigenvalue weighted by molar-refractivity contribution is 6.15.